The molecule has 0 spiro atoms. The van der Waals surface area contributed by atoms with Gasteiger partial charge in [0.2, 0.25) is 0 Å². The Hall–Kier alpha value is -1.63. The molecule has 3 nitrogen and oxygen atoms in total. The molecule has 4 rings (SSSR count). The van der Waals surface area contributed by atoms with E-state index in [-0.39, 0.29) is 25.0 Å². The first-order chi connectivity index (χ1) is 10.1. The fourth-order valence-corrected chi connectivity index (χ4v) is 3.26. The number of hydrogen-bond acceptors (Lipinski definition) is 2. The molecule has 1 aromatic carbocycles. The minimum Gasteiger partial charge on any atom is -0.363 e. The first-order valence-corrected chi connectivity index (χ1v) is 6.88. The summed E-state index contributed by atoms with van der Waals surface area (Å²) in [5, 5.41) is 2.64. The van der Waals surface area contributed by atoms with Crippen molar-refractivity contribution in [2.45, 2.75) is 44.0 Å². The van der Waals surface area contributed by atoms with Crippen molar-refractivity contribution in [3.05, 3.63) is 34.6 Å². The molecule has 3 aliphatic rings. The zero-order valence-electron chi connectivity index (χ0n) is 12.1. The molecule has 2 bridgehead atoms. The fourth-order valence-electron chi connectivity index (χ4n) is 3.26. The van der Waals surface area contributed by atoms with Crippen molar-refractivity contribution in [3.8, 4) is 0 Å². The van der Waals surface area contributed by atoms with Gasteiger partial charge in [0.25, 0.3) is 5.91 Å². The van der Waals surface area contributed by atoms with E-state index in [9.17, 15) is 22.4 Å². The topological polar surface area (TPSA) is 38.3 Å². The number of carbonyl (C=O) groups is 1. The van der Waals surface area contributed by atoms with Gasteiger partial charge in [0.05, 0.1) is 12.1 Å². The van der Waals surface area contributed by atoms with Crippen molar-refractivity contribution in [1.82, 2.24) is 5.32 Å². The highest BCUT2D eigenvalue weighted by Gasteiger charge is 2.74. The van der Waals surface area contributed by atoms with Crippen molar-refractivity contribution >= 4 is 5.91 Å². The van der Waals surface area contributed by atoms with Crippen LogP contribution < -0.4 is 5.32 Å². The summed E-state index contributed by atoms with van der Waals surface area (Å²) < 4.78 is 57.0. The molecule has 1 N–H and O–H groups in total. The van der Waals surface area contributed by atoms with Gasteiger partial charge in [0.15, 0.2) is 5.60 Å². The summed E-state index contributed by atoms with van der Waals surface area (Å²) in [6.07, 6.45) is -4.97. The lowest BCUT2D eigenvalue weighted by Crippen LogP contribution is -2.64. The number of ether oxygens (including phenoxy) is 1. The summed E-state index contributed by atoms with van der Waals surface area (Å²) in [4.78, 5) is 12.3. The van der Waals surface area contributed by atoms with Crippen molar-refractivity contribution < 1.29 is 27.1 Å². The zero-order valence-corrected chi connectivity index (χ0v) is 12.1. The van der Waals surface area contributed by atoms with E-state index in [1.165, 1.54) is 19.1 Å². The van der Waals surface area contributed by atoms with Crippen molar-refractivity contribution in [3.63, 3.8) is 0 Å². The number of halogens is 4. The maximum absolute atomic E-state index is 13.4. The Balaban J connectivity index is 1.77. The summed E-state index contributed by atoms with van der Waals surface area (Å²) in [6, 6.07) is 2.65. The predicted molar refractivity (Wildman–Crippen MR) is 70.0 cm³/mol. The minimum atomic E-state index is -4.43. The van der Waals surface area contributed by atoms with Crippen LogP contribution >= 0.6 is 0 Å². The third-order valence-electron chi connectivity index (χ3n) is 4.52. The molecule has 0 unspecified atom stereocenters. The summed E-state index contributed by atoms with van der Waals surface area (Å²) in [6.45, 7) is 2.96. The number of amides is 1. The number of hydrogen-bond donors (Lipinski definition) is 1. The number of benzene rings is 1. The van der Waals surface area contributed by atoms with Crippen LogP contribution in [0.25, 0.3) is 0 Å². The molecule has 3 fully saturated rings. The normalized spacial score (nSPS) is 30.1. The molecule has 120 valence electrons. The highest BCUT2D eigenvalue weighted by Crippen LogP contribution is 2.59. The Kier molecular flexibility index (Phi) is 3.08. The Labute approximate surface area is 124 Å². The minimum absolute atomic E-state index is 0.155. The molecular formula is C15H15F4NO2. The molecule has 2 saturated heterocycles. The number of alkyl halides is 3. The molecule has 2 aliphatic heterocycles. The van der Waals surface area contributed by atoms with Gasteiger partial charge in [-0.25, -0.2) is 4.39 Å². The van der Waals surface area contributed by atoms with E-state index in [2.05, 4.69) is 5.32 Å². The maximum Gasteiger partial charge on any atom is 0.417 e. The number of carbonyl (C=O) groups excluding carboxylic acids is 1. The Bertz CT molecular complexity index is 648. The SMILES string of the molecule is Cc1cc(C(=O)NC23COC(C(F)(F)F)(C2)C3)c(C)cc1F. The lowest BCUT2D eigenvalue weighted by Gasteiger charge is -2.45. The Morgan fingerprint density at radius 2 is 1.86 bits per heavy atom. The van der Waals surface area contributed by atoms with E-state index < -0.39 is 29.0 Å². The van der Waals surface area contributed by atoms with Gasteiger partial charge < -0.3 is 10.1 Å². The van der Waals surface area contributed by atoms with Crippen molar-refractivity contribution in [2.75, 3.05) is 6.61 Å². The number of nitrogens with one attached hydrogen (secondary N) is 1. The van der Waals surface area contributed by atoms with Gasteiger partial charge in [-0.15, -0.1) is 0 Å². The Morgan fingerprint density at radius 3 is 2.41 bits per heavy atom. The molecule has 0 atom stereocenters. The smallest absolute Gasteiger partial charge is 0.363 e. The van der Waals surface area contributed by atoms with Gasteiger partial charge in [-0.2, -0.15) is 13.2 Å². The summed E-state index contributed by atoms with van der Waals surface area (Å²) in [5.74, 6) is -0.919. The second kappa shape index (κ2) is 4.44. The third kappa shape index (κ3) is 2.10. The van der Waals surface area contributed by atoms with Gasteiger partial charge in [-0.05, 0) is 37.1 Å². The molecule has 1 aromatic rings. The molecule has 7 heteroatoms. The predicted octanol–water partition coefficient (Wildman–Crippen LogP) is 3.04. The number of fused-ring (bicyclic) bond motifs is 1. The first kappa shape index (κ1) is 15.3. The number of aryl methyl sites for hydroxylation is 2. The zero-order chi connectivity index (χ0) is 16.3. The highest BCUT2D eigenvalue weighted by atomic mass is 19.4. The second-order valence-electron chi connectivity index (χ2n) is 6.29. The maximum atomic E-state index is 13.4. The van der Waals surface area contributed by atoms with Crippen LogP contribution in [0.15, 0.2) is 12.1 Å². The van der Waals surface area contributed by atoms with Crippen LogP contribution in [0.1, 0.15) is 34.3 Å². The van der Waals surface area contributed by atoms with Crippen LogP contribution in [0.5, 0.6) is 0 Å². The average Bonchev–Trinajstić information content (AvgIpc) is 2.89. The monoisotopic (exact) mass is 317 g/mol. The van der Waals surface area contributed by atoms with Gasteiger partial charge in [0.1, 0.15) is 5.82 Å². The van der Waals surface area contributed by atoms with Crippen LogP contribution in [0.4, 0.5) is 17.6 Å². The molecule has 1 amide bonds. The third-order valence-corrected chi connectivity index (χ3v) is 4.52. The van der Waals surface area contributed by atoms with Gasteiger partial charge >= 0.3 is 6.18 Å². The Morgan fingerprint density at radius 1 is 1.23 bits per heavy atom. The van der Waals surface area contributed by atoms with Crippen LogP contribution in [0.3, 0.4) is 0 Å². The van der Waals surface area contributed by atoms with E-state index in [1.807, 2.05) is 0 Å². The van der Waals surface area contributed by atoms with Crippen LogP contribution in [0, 0.1) is 19.7 Å². The first-order valence-electron chi connectivity index (χ1n) is 6.88. The summed E-state index contributed by atoms with van der Waals surface area (Å²) in [7, 11) is 0. The van der Waals surface area contributed by atoms with Crippen molar-refractivity contribution in [2.24, 2.45) is 0 Å². The molecule has 1 saturated carbocycles. The van der Waals surface area contributed by atoms with Crippen LogP contribution in [-0.2, 0) is 4.74 Å². The molecule has 22 heavy (non-hydrogen) atoms. The fraction of sp³-hybridized carbons (Fsp3) is 0.533. The van der Waals surface area contributed by atoms with E-state index in [0.717, 1.165) is 0 Å². The van der Waals surface area contributed by atoms with Crippen LogP contribution in [-0.4, -0.2) is 29.8 Å². The van der Waals surface area contributed by atoms with Crippen LogP contribution in [0.2, 0.25) is 0 Å². The standard InChI is InChI=1S/C15H15F4NO2/c1-8-4-11(16)9(2)3-10(8)12(21)20-13-5-14(6-13,22-7-13)15(17,18)19/h3-4H,5-7H2,1-2H3,(H,20,21). The van der Waals surface area contributed by atoms with Gasteiger partial charge in [0, 0.05) is 18.4 Å². The van der Waals surface area contributed by atoms with E-state index in [0.29, 0.717) is 11.1 Å². The average molecular weight is 317 g/mol. The molecule has 0 aromatic heterocycles. The van der Waals surface area contributed by atoms with E-state index in [4.69, 9.17) is 4.74 Å². The van der Waals surface area contributed by atoms with Crippen molar-refractivity contribution in [1.29, 1.82) is 0 Å². The lowest BCUT2D eigenvalue weighted by atomic mass is 9.68. The van der Waals surface area contributed by atoms with E-state index in [1.54, 1.807) is 6.92 Å². The summed E-state index contributed by atoms with van der Waals surface area (Å²) in [5.41, 5.74) is -2.06. The van der Waals surface area contributed by atoms with E-state index >= 15 is 0 Å². The number of rotatable bonds is 2. The molecule has 2 heterocycles. The van der Waals surface area contributed by atoms with Gasteiger partial charge in [-0.3, -0.25) is 4.79 Å². The molecule has 0 radical (unpaired) electrons. The lowest BCUT2D eigenvalue weighted by molar-refractivity contribution is -0.273. The summed E-state index contributed by atoms with van der Waals surface area (Å²) >= 11 is 0. The van der Waals surface area contributed by atoms with Gasteiger partial charge in [-0.1, -0.05) is 0 Å². The largest absolute Gasteiger partial charge is 0.417 e. The molecular weight excluding hydrogens is 302 g/mol. The highest BCUT2D eigenvalue weighted by molar-refractivity contribution is 5.96. The molecule has 1 aliphatic carbocycles. The quantitative estimate of drug-likeness (QED) is 0.852. The second-order valence-corrected chi connectivity index (χ2v) is 6.29.